The maximum absolute atomic E-state index is 5.90. The van der Waals surface area contributed by atoms with Crippen molar-refractivity contribution in [2.75, 3.05) is 13.1 Å². The lowest BCUT2D eigenvalue weighted by Crippen LogP contribution is -2.41. The summed E-state index contributed by atoms with van der Waals surface area (Å²) < 4.78 is 11.6. The van der Waals surface area contributed by atoms with E-state index in [4.69, 9.17) is 9.26 Å². The molecule has 7 heteroatoms. The summed E-state index contributed by atoms with van der Waals surface area (Å²) in [5, 5.41) is 10.3. The Kier molecular flexibility index (Phi) is 6.93. The van der Waals surface area contributed by atoms with Gasteiger partial charge in [-0.25, -0.2) is 4.99 Å². The Balaban J connectivity index is 1.85. The van der Waals surface area contributed by atoms with E-state index in [1.54, 1.807) is 12.3 Å². The zero-order chi connectivity index (χ0) is 16.5. The topological polar surface area (TPSA) is 71.7 Å². The average molecular weight is 381 g/mol. The number of nitrogens with zero attached hydrogens (tertiary/aromatic N) is 2. The second-order valence-electron chi connectivity index (χ2n) is 4.93. The highest BCUT2D eigenvalue weighted by molar-refractivity contribution is 9.10. The van der Waals surface area contributed by atoms with Gasteiger partial charge in [0.05, 0.1) is 17.6 Å². The molecule has 0 amide bonds. The van der Waals surface area contributed by atoms with E-state index < -0.39 is 0 Å². The van der Waals surface area contributed by atoms with Crippen molar-refractivity contribution in [3.63, 3.8) is 0 Å². The van der Waals surface area contributed by atoms with Crippen molar-refractivity contribution in [3.05, 3.63) is 46.8 Å². The van der Waals surface area contributed by atoms with Crippen LogP contribution in [-0.2, 0) is 6.54 Å². The average Bonchev–Trinajstić information content (AvgIpc) is 3.06. The molecule has 6 nitrogen and oxygen atoms in total. The Morgan fingerprint density at radius 2 is 2.17 bits per heavy atom. The molecule has 0 spiro atoms. The third-order valence-electron chi connectivity index (χ3n) is 2.96. The summed E-state index contributed by atoms with van der Waals surface area (Å²) in [6.45, 7) is 5.91. The highest BCUT2D eigenvalue weighted by Gasteiger charge is 2.08. The highest BCUT2D eigenvalue weighted by atomic mass is 79.9. The zero-order valence-electron chi connectivity index (χ0n) is 13.3. The monoisotopic (exact) mass is 380 g/mol. The summed E-state index contributed by atoms with van der Waals surface area (Å²) in [5.41, 5.74) is 0.791. The SMILES string of the molecule is CCNC(=NCc1ccon1)NCC(C)Oc1ccccc1Br. The lowest BCUT2D eigenvalue weighted by molar-refractivity contribution is 0.222. The molecule has 0 aliphatic heterocycles. The molecule has 0 saturated heterocycles. The van der Waals surface area contributed by atoms with Crippen LogP contribution in [0.3, 0.4) is 0 Å². The number of guanidine groups is 1. The number of hydrogen-bond donors (Lipinski definition) is 2. The van der Waals surface area contributed by atoms with Crippen molar-refractivity contribution >= 4 is 21.9 Å². The van der Waals surface area contributed by atoms with Crippen LogP contribution in [0.1, 0.15) is 19.5 Å². The number of nitrogens with one attached hydrogen (secondary N) is 2. The van der Waals surface area contributed by atoms with Gasteiger partial charge in [0.2, 0.25) is 0 Å². The second kappa shape index (κ2) is 9.19. The normalized spacial score (nSPS) is 12.7. The Labute approximate surface area is 144 Å². The van der Waals surface area contributed by atoms with E-state index in [9.17, 15) is 0 Å². The summed E-state index contributed by atoms with van der Waals surface area (Å²) >= 11 is 3.48. The van der Waals surface area contributed by atoms with Crippen molar-refractivity contribution in [2.45, 2.75) is 26.5 Å². The first-order valence-electron chi connectivity index (χ1n) is 7.51. The number of rotatable bonds is 7. The predicted octanol–water partition coefficient (Wildman–Crippen LogP) is 2.96. The molecule has 1 heterocycles. The zero-order valence-corrected chi connectivity index (χ0v) is 14.8. The van der Waals surface area contributed by atoms with Gasteiger partial charge in [-0.05, 0) is 41.9 Å². The maximum Gasteiger partial charge on any atom is 0.191 e. The minimum atomic E-state index is -0.00962. The molecule has 1 aromatic carbocycles. The highest BCUT2D eigenvalue weighted by Crippen LogP contribution is 2.24. The molecule has 0 radical (unpaired) electrons. The lowest BCUT2D eigenvalue weighted by atomic mass is 10.3. The van der Waals surface area contributed by atoms with Gasteiger partial charge < -0.3 is 19.9 Å². The number of ether oxygens (including phenoxy) is 1. The molecular weight excluding hydrogens is 360 g/mol. The third kappa shape index (κ3) is 5.94. The third-order valence-corrected chi connectivity index (χ3v) is 3.61. The van der Waals surface area contributed by atoms with E-state index in [2.05, 4.69) is 36.7 Å². The van der Waals surface area contributed by atoms with Gasteiger partial charge in [0.1, 0.15) is 23.8 Å². The van der Waals surface area contributed by atoms with Crippen LogP contribution in [0.15, 0.2) is 50.6 Å². The predicted molar refractivity (Wildman–Crippen MR) is 93.6 cm³/mol. The van der Waals surface area contributed by atoms with Crippen LogP contribution >= 0.6 is 15.9 Å². The molecule has 2 N–H and O–H groups in total. The standard InChI is InChI=1S/C16H21BrN4O2/c1-3-18-16(20-11-13-8-9-22-21-13)19-10-12(2)23-15-7-5-4-6-14(15)17/h4-9,12H,3,10-11H2,1-2H3,(H2,18,19,20). The first-order chi connectivity index (χ1) is 11.2. The first kappa shape index (κ1) is 17.3. The van der Waals surface area contributed by atoms with Crippen LogP contribution in [0.25, 0.3) is 0 Å². The van der Waals surface area contributed by atoms with Crippen LogP contribution in [0.2, 0.25) is 0 Å². The Hall–Kier alpha value is -2.02. The fourth-order valence-electron chi connectivity index (χ4n) is 1.86. The van der Waals surface area contributed by atoms with Gasteiger partial charge in [-0.3, -0.25) is 0 Å². The number of aromatic nitrogens is 1. The second-order valence-corrected chi connectivity index (χ2v) is 5.78. The molecule has 124 valence electrons. The van der Waals surface area contributed by atoms with Crippen molar-refractivity contribution in [1.82, 2.24) is 15.8 Å². The molecule has 0 fully saturated rings. The number of halogens is 1. The number of benzene rings is 1. The van der Waals surface area contributed by atoms with Crippen LogP contribution in [0.5, 0.6) is 5.75 Å². The Morgan fingerprint density at radius 3 is 2.87 bits per heavy atom. The molecule has 0 aliphatic carbocycles. The van der Waals surface area contributed by atoms with Gasteiger partial charge in [0, 0.05) is 12.6 Å². The summed E-state index contributed by atoms with van der Waals surface area (Å²) in [6, 6.07) is 9.60. The molecule has 1 unspecified atom stereocenters. The summed E-state index contributed by atoms with van der Waals surface area (Å²) in [4.78, 5) is 4.46. The quantitative estimate of drug-likeness (QED) is 0.570. The van der Waals surface area contributed by atoms with Gasteiger partial charge >= 0.3 is 0 Å². The molecule has 0 saturated carbocycles. The maximum atomic E-state index is 5.90. The van der Waals surface area contributed by atoms with Crippen molar-refractivity contribution in [1.29, 1.82) is 0 Å². The number of aliphatic imine (C=N–C) groups is 1. The summed E-state index contributed by atoms with van der Waals surface area (Å²) in [6.07, 6.45) is 1.53. The molecular formula is C16H21BrN4O2. The Bertz CT molecular complexity index is 616. The van der Waals surface area contributed by atoms with Crippen LogP contribution in [-0.4, -0.2) is 30.3 Å². The van der Waals surface area contributed by atoms with Crippen molar-refractivity contribution in [2.24, 2.45) is 4.99 Å². The van der Waals surface area contributed by atoms with E-state index in [-0.39, 0.29) is 6.10 Å². The Morgan fingerprint density at radius 1 is 1.35 bits per heavy atom. The minimum Gasteiger partial charge on any atom is -0.488 e. The molecule has 0 aliphatic rings. The molecule has 2 aromatic rings. The van der Waals surface area contributed by atoms with Gasteiger partial charge in [-0.15, -0.1) is 0 Å². The molecule has 0 bridgehead atoms. The lowest BCUT2D eigenvalue weighted by Gasteiger charge is -2.18. The molecule has 1 atom stereocenters. The van der Waals surface area contributed by atoms with Crippen molar-refractivity contribution < 1.29 is 9.26 Å². The van der Waals surface area contributed by atoms with Gasteiger partial charge in [-0.2, -0.15) is 0 Å². The van der Waals surface area contributed by atoms with Gasteiger partial charge in [0.25, 0.3) is 0 Å². The minimum absolute atomic E-state index is 0.00962. The van der Waals surface area contributed by atoms with E-state index in [0.29, 0.717) is 13.1 Å². The smallest absolute Gasteiger partial charge is 0.191 e. The van der Waals surface area contributed by atoms with Crippen LogP contribution in [0.4, 0.5) is 0 Å². The summed E-state index contributed by atoms with van der Waals surface area (Å²) in [5.74, 6) is 1.55. The van der Waals surface area contributed by atoms with Crippen molar-refractivity contribution in [3.8, 4) is 5.75 Å². The van der Waals surface area contributed by atoms with E-state index in [1.807, 2.05) is 38.1 Å². The first-order valence-corrected chi connectivity index (χ1v) is 8.31. The van der Waals surface area contributed by atoms with E-state index >= 15 is 0 Å². The van der Waals surface area contributed by atoms with Crippen LogP contribution in [0, 0.1) is 0 Å². The van der Waals surface area contributed by atoms with Gasteiger partial charge in [-0.1, -0.05) is 17.3 Å². The number of para-hydroxylation sites is 1. The fraction of sp³-hybridized carbons (Fsp3) is 0.375. The fourth-order valence-corrected chi connectivity index (χ4v) is 2.24. The van der Waals surface area contributed by atoms with Crippen LogP contribution < -0.4 is 15.4 Å². The number of hydrogen-bond acceptors (Lipinski definition) is 4. The molecule has 1 aromatic heterocycles. The van der Waals surface area contributed by atoms with Gasteiger partial charge in [0.15, 0.2) is 5.96 Å². The summed E-state index contributed by atoms with van der Waals surface area (Å²) in [7, 11) is 0. The van der Waals surface area contributed by atoms with E-state index in [0.717, 1.165) is 28.4 Å². The molecule has 23 heavy (non-hydrogen) atoms. The molecule has 2 rings (SSSR count). The van der Waals surface area contributed by atoms with E-state index in [1.165, 1.54) is 0 Å². The largest absolute Gasteiger partial charge is 0.488 e.